The van der Waals surface area contributed by atoms with Gasteiger partial charge in [0.25, 0.3) is 0 Å². The number of fused-ring (bicyclic) bond motifs is 1. The summed E-state index contributed by atoms with van der Waals surface area (Å²) in [6.45, 7) is 6.07. The number of carbonyl (C=O) groups is 1. The molecule has 3 atom stereocenters. The number of hydrogen-bond donors (Lipinski definition) is 1. The Labute approximate surface area is 137 Å². The van der Waals surface area contributed by atoms with Gasteiger partial charge in [-0.2, -0.15) is 11.3 Å². The van der Waals surface area contributed by atoms with Crippen molar-refractivity contribution in [1.29, 1.82) is 0 Å². The zero-order chi connectivity index (χ0) is 15.5. The highest BCUT2D eigenvalue weighted by atomic mass is 32.1. The maximum absolute atomic E-state index is 12.6. The van der Waals surface area contributed by atoms with Crippen LogP contribution in [0.15, 0.2) is 16.8 Å². The van der Waals surface area contributed by atoms with Gasteiger partial charge in [-0.05, 0) is 67.1 Å². The van der Waals surface area contributed by atoms with E-state index in [0.29, 0.717) is 17.9 Å². The topological polar surface area (TPSA) is 35.6 Å². The van der Waals surface area contributed by atoms with E-state index in [-0.39, 0.29) is 6.03 Å². The van der Waals surface area contributed by atoms with Crippen LogP contribution in [0.1, 0.15) is 37.7 Å². The number of urea groups is 1. The van der Waals surface area contributed by atoms with Gasteiger partial charge in [-0.3, -0.25) is 0 Å². The van der Waals surface area contributed by atoms with E-state index in [1.807, 2.05) is 0 Å². The molecule has 3 rings (SSSR count). The van der Waals surface area contributed by atoms with Gasteiger partial charge in [0.15, 0.2) is 0 Å². The fourth-order valence-corrected chi connectivity index (χ4v) is 4.63. The van der Waals surface area contributed by atoms with Crippen LogP contribution in [0.3, 0.4) is 0 Å². The fourth-order valence-electron chi connectivity index (χ4n) is 3.85. The lowest BCUT2D eigenvalue weighted by Gasteiger charge is -2.46. The minimum Gasteiger partial charge on any atom is -0.337 e. The molecule has 2 aliphatic heterocycles. The zero-order valence-electron chi connectivity index (χ0n) is 13.6. The molecule has 0 spiro atoms. The number of amides is 2. The van der Waals surface area contributed by atoms with E-state index in [4.69, 9.17) is 0 Å². The van der Waals surface area contributed by atoms with Crippen molar-refractivity contribution in [2.24, 2.45) is 5.92 Å². The van der Waals surface area contributed by atoms with Gasteiger partial charge < -0.3 is 15.1 Å². The third-order valence-electron chi connectivity index (χ3n) is 5.20. The second-order valence-corrected chi connectivity index (χ2v) is 7.64. The summed E-state index contributed by atoms with van der Waals surface area (Å²) in [5.41, 5.74) is 1.32. The molecule has 1 aromatic heterocycles. The maximum atomic E-state index is 12.6. The molecule has 0 saturated carbocycles. The molecule has 0 aliphatic carbocycles. The number of nitrogens with one attached hydrogen (secondary N) is 1. The van der Waals surface area contributed by atoms with Gasteiger partial charge >= 0.3 is 6.03 Å². The van der Waals surface area contributed by atoms with Gasteiger partial charge in [-0.15, -0.1) is 0 Å². The predicted molar refractivity (Wildman–Crippen MR) is 91.5 cm³/mol. The van der Waals surface area contributed by atoms with Crippen LogP contribution in [0, 0.1) is 5.92 Å². The lowest BCUT2D eigenvalue weighted by atomic mass is 9.84. The van der Waals surface area contributed by atoms with Crippen molar-refractivity contribution in [2.45, 2.75) is 38.1 Å². The largest absolute Gasteiger partial charge is 0.337 e. The summed E-state index contributed by atoms with van der Waals surface area (Å²) in [7, 11) is 2.19. The Morgan fingerprint density at radius 1 is 1.45 bits per heavy atom. The highest BCUT2D eigenvalue weighted by Crippen LogP contribution is 2.30. The summed E-state index contributed by atoms with van der Waals surface area (Å²) in [4.78, 5) is 17.1. The first-order chi connectivity index (χ1) is 10.6. The molecule has 2 amide bonds. The molecule has 0 unspecified atom stereocenters. The average Bonchev–Trinajstić information content (AvgIpc) is 3.05. The van der Waals surface area contributed by atoms with Gasteiger partial charge in [0.1, 0.15) is 0 Å². The SMILES string of the molecule is C[C@H](CNC(=O)N1CCC[C@@H]2CN(C)CC[C@H]21)c1ccsc1. The molecule has 2 fully saturated rings. The van der Waals surface area contributed by atoms with Crippen LogP contribution in [-0.4, -0.2) is 55.1 Å². The van der Waals surface area contributed by atoms with Crippen LogP contribution in [0.2, 0.25) is 0 Å². The number of carbonyl (C=O) groups excluding carboxylic acids is 1. The average molecular weight is 321 g/mol. The first-order valence-electron chi connectivity index (χ1n) is 8.40. The molecule has 0 aromatic carbocycles. The number of likely N-dealkylation sites (tertiary alicyclic amines) is 2. The smallest absolute Gasteiger partial charge is 0.317 e. The van der Waals surface area contributed by atoms with Crippen molar-refractivity contribution >= 4 is 17.4 Å². The third-order valence-corrected chi connectivity index (χ3v) is 5.91. The zero-order valence-corrected chi connectivity index (χ0v) is 14.4. The summed E-state index contributed by atoms with van der Waals surface area (Å²) in [5.74, 6) is 1.04. The minimum atomic E-state index is 0.140. The molecule has 0 radical (unpaired) electrons. The van der Waals surface area contributed by atoms with Crippen LogP contribution in [-0.2, 0) is 0 Å². The van der Waals surface area contributed by atoms with Gasteiger partial charge in [0.2, 0.25) is 0 Å². The van der Waals surface area contributed by atoms with Gasteiger partial charge in [-0.1, -0.05) is 6.92 Å². The molecule has 3 heterocycles. The number of rotatable bonds is 3. The van der Waals surface area contributed by atoms with E-state index in [9.17, 15) is 4.79 Å². The van der Waals surface area contributed by atoms with E-state index >= 15 is 0 Å². The quantitative estimate of drug-likeness (QED) is 0.929. The second-order valence-electron chi connectivity index (χ2n) is 6.86. The number of nitrogens with zero attached hydrogens (tertiary/aromatic N) is 2. The molecule has 1 aromatic rings. The van der Waals surface area contributed by atoms with Crippen LogP contribution in [0.5, 0.6) is 0 Å². The maximum Gasteiger partial charge on any atom is 0.317 e. The summed E-state index contributed by atoms with van der Waals surface area (Å²) in [5, 5.41) is 7.43. The molecule has 2 saturated heterocycles. The van der Waals surface area contributed by atoms with Crippen molar-refractivity contribution in [3.63, 3.8) is 0 Å². The normalized spacial score (nSPS) is 27.3. The summed E-state index contributed by atoms with van der Waals surface area (Å²) < 4.78 is 0. The lowest BCUT2D eigenvalue weighted by molar-refractivity contribution is 0.0533. The molecule has 5 heteroatoms. The molecule has 1 N–H and O–H groups in total. The number of thiophene rings is 1. The van der Waals surface area contributed by atoms with Crippen molar-refractivity contribution in [2.75, 3.05) is 33.2 Å². The van der Waals surface area contributed by atoms with Crippen LogP contribution in [0.25, 0.3) is 0 Å². The third kappa shape index (κ3) is 3.46. The first-order valence-corrected chi connectivity index (χ1v) is 9.34. The van der Waals surface area contributed by atoms with Crippen molar-refractivity contribution in [3.8, 4) is 0 Å². The Morgan fingerprint density at radius 2 is 2.32 bits per heavy atom. The molecule has 4 nitrogen and oxygen atoms in total. The molecular formula is C17H27N3OS. The molecule has 122 valence electrons. The predicted octanol–water partition coefficient (Wildman–Crippen LogP) is 2.98. The van der Waals surface area contributed by atoms with E-state index < -0.39 is 0 Å². The van der Waals surface area contributed by atoms with E-state index in [0.717, 1.165) is 39.0 Å². The standard InChI is InChI=1S/C17H27N3OS/c1-13(15-6-9-22-12-15)10-18-17(21)20-7-3-4-14-11-19(2)8-5-16(14)20/h6,9,12-14,16H,3-5,7-8,10-11H2,1-2H3,(H,18,21)/t13-,14-,16-/m1/s1. The van der Waals surface area contributed by atoms with E-state index in [2.05, 4.69) is 45.9 Å². The van der Waals surface area contributed by atoms with E-state index in [1.54, 1.807) is 11.3 Å². The lowest BCUT2D eigenvalue weighted by Crippen LogP contribution is -2.57. The Hall–Kier alpha value is -1.07. The molecular weight excluding hydrogens is 294 g/mol. The van der Waals surface area contributed by atoms with Crippen molar-refractivity contribution in [3.05, 3.63) is 22.4 Å². The minimum absolute atomic E-state index is 0.140. The molecule has 0 bridgehead atoms. The van der Waals surface area contributed by atoms with Gasteiger partial charge in [0, 0.05) is 25.7 Å². The van der Waals surface area contributed by atoms with Gasteiger partial charge in [-0.25, -0.2) is 4.79 Å². The van der Waals surface area contributed by atoms with Crippen LogP contribution >= 0.6 is 11.3 Å². The highest BCUT2D eigenvalue weighted by molar-refractivity contribution is 7.07. The van der Waals surface area contributed by atoms with Crippen LogP contribution in [0.4, 0.5) is 4.79 Å². The van der Waals surface area contributed by atoms with E-state index in [1.165, 1.54) is 12.0 Å². The van der Waals surface area contributed by atoms with Crippen molar-refractivity contribution < 1.29 is 4.79 Å². The Bertz CT molecular complexity index is 490. The highest BCUT2D eigenvalue weighted by Gasteiger charge is 2.37. The van der Waals surface area contributed by atoms with Gasteiger partial charge in [0.05, 0.1) is 0 Å². The summed E-state index contributed by atoms with van der Waals surface area (Å²) in [6.07, 6.45) is 3.53. The Balaban J connectivity index is 1.55. The Kier molecular flexibility index (Phi) is 5.03. The van der Waals surface area contributed by atoms with Crippen LogP contribution < -0.4 is 5.32 Å². The second kappa shape index (κ2) is 7.01. The first kappa shape index (κ1) is 15.8. The molecule has 2 aliphatic rings. The molecule has 22 heavy (non-hydrogen) atoms. The summed E-state index contributed by atoms with van der Waals surface area (Å²) in [6, 6.07) is 2.73. The monoisotopic (exact) mass is 321 g/mol. The Morgan fingerprint density at radius 3 is 3.09 bits per heavy atom. The summed E-state index contributed by atoms with van der Waals surface area (Å²) >= 11 is 1.72. The number of hydrogen-bond acceptors (Lipinski definition) is 3. The fraction of sp³-hybridized carbons (Fsp3) is 0.706. The van der Waals surface area contributed by atoms with Crippen molar-refractivity contribution in [1.82, 2.24) is 15.1 Å². The number of piperidine rings is 2.